The van der Waals surface area contributed by atoms with Gasteiger partial charge in [-0.2, -0.15) is 5.26 Å². The van der Waals surface area contributed by atoms with Crippen LogP contribution in [0.2, 0.25) is 5.02 Å². The highest BCUT2D eigenvalue weighted by atomic mass is 35.5. The zero-order valence-corrected chi connectivity index (χ0v) is 10.6. The largest absolute Gasteiger partial charge is 0.294 e. The number of hydrogen-bond donors (Lipinski definition) is 1. The molecule has 0 saturated heterocycles. The van der Waals surface area contributed by atoms with Crippen molar-refractivity contribution in [3.05, 3.63) is 70.7 Å². The molecule has 0 aliphatic heterocycles. The van der Waals surface area contributed by atoms with Gasteiger partial charge >= 0.3 is 0 Å². The molecule has 0 amide bonds. The highest BCUT2D eigenvalue weighted by molar-refractivity contribution is 6.30. The van der Waals surface area contributed by atoms with Crippen LogP contribution in [0.1, 0.15) is 17.2 Å². The van der Waals surface area contributed by atoms with Crippen LogP contribution >= 0.6 is 11.6 Å². The molecule has 0 aliphatic carbocycles. The molecule has 18 heavy (non-hydrogen) atoms. The minimum atomic E-state index is -0.290. The summed E-state index contributed by atoms with van der Waals surface area (Å²) in [6.45, 7) is 0.643. The number of nitriles is 1. The second kappa shape index (κ2) is 6.20. The molecule has 2 nitrogen and oxygen atoms in total. The Hall–Kier alpha value is -1.82. The van der Waals surface area contributed by atoms with Crippen LogP contribution in [0.5, 0.6) is 0 Å². The number of halogens is 1. The van der Waals surface area contributed by atoms with Crippen molar-refractivity contribution in [2.75, 3.05) is 0 Å². The molecule has 2 rings (SSSR count). The summed E-state index contributed by atoms with van der Waals surface area (Å²) in [5.74, 6) is 0. The molecule has 3 heteroatoms. The first kappa shape index (κ1) is 12.6. The molecule has 0 spiro atoms. The van der Waals surface area contributed by atoms with Gasteiger partial charge in [0.15, 0.2) is 0 Å². The Kier molecular flexibility index (Phi) is 4.35. The van der Waals surface area contributed by atoms with E-state index in [1.807, 2.05) is 54.6 Å². The van der Waals surface area contributed by atoms with Crippen LogP contribution in [0.15, 0.2) is 54.6 Å². The minimum Gasteiger partial charge on any atom is -0.294 e. The van der Waals surface area contributed by atoms with Gasteiger partial charge in [-0.15, -0.1) is 0 Å². The SMILES string of the molecule is N#CC(NCc1ccc(Cl)cc1)c1ccccc1. The molecule has 0 bridgehead atoms. The zero-order chi connectivity index (χ0) is 12.8. The van der Waals surface area contributed by atoms with E-state index >= 15 is 0 Å². The van der Waals surface area contributed by atoms with Crippen LogP contribution in [0, 0.1) is 11.3 Å². The lowest BCUT2D eigenvalue weighted by atomic mass is 10.1. The molecule has 0 fully saturated rings. The van der Waals surface area contributed by atoms with E-state index in [2.05, 4.69) is 11.4 Å². The molecule has 0 saturated carbocycles. The quantitative estimate of drug-likeness (QED) is 0.906. The van der Waals surface area contributed by atoms with Crippen molar-refractivity contribution in [1.29, 1.82) is 5.26 Å². The Morgan fingerprint density at radius 2 is 1.72 bits per heavy atom. The first-order chi connectivity index (χ1) is 8.79. The molecule has 0 radical (unpaired) electrons. The summed E-state index contributed by atoms with van der Waals surface area (Å²) < 4.78 is 0. The molecular formula is C15H13ClN2. The fraction of sp³-hybridized carbons (Fsp3) is 0.133. The van der Waals surface area contributed by atoms with Gasteiger partial charge in [-0.1, -0.05) is 54.1 Å². The van der Waals surface area contributed by atoms with Crippen molar-refractivity contribution in [2.24, 2.45) is 0 Å². The lowest BCUT2D eigenvalue weighted by Gasteiger charge is -2.11. The van der Waals surface area contributed by atoms with E-state index in [0.29, 0.717) is 6.54 Å². The first-order valence-corrected chi connectivity index (χ1v) is 6.10. The van der Waals surface area contributed by atoms with Gasteiger partial charge in [-0.3, -0.25) is 5.32 Å². The number of nitrogens with zero attached hydrogens (tertiary/aromatic N) is 1. The summed E-state index contributed by atoms with van der Waals surface area (Å²) in [6.07, 6.45) is 0. The standard InChI is InChI=1S/C15H13ClN2/c16-14-8-6-12(7-9-14)11-18-15(10-17)13-4-2-1-3-5-13/h1-9,15,18H,11H2. The predicted molar refractivity (Wildman–Crippen MR) is 73.1 cm³/mol. The highest BCUT2D eigenvalue weighted by Gasteiger charge is 2.08. The topological polar surface area (TPSA) is 35.8 Å². The van der Waals surface area contributed by atoms with Gasteiger partial charge in [-0.25, -0.2) is 0 Å². The normalized spacial score (nSPS) is 11.8. The number of rotatable bonds is 4. The van der Waals surface area contributed by atoms with Crippen molar-refractivity contribution >= 4 is 11.6 Å². The molecule has 2 aromatic carbocycles. The van der Waals surface area contributed by atoms with Crippen LogP contribution in [0.3, 0.4) is 0 Å². The minimum absolute atomic E-state index is 0.290. The molecule has 1 atom stereocenters. The predicted octanol–water partition coefficient (Wildman–Crippen LogP) is 3.69. The van der Waals surface area contributed by atoms with Crippen LogP contribution in [-0.4, -0.2) is 0 Å². The van der Waals surface area contributed by atoms with Crippen molar-refractivity contribution in [1.82, 2.24) is 5.32 Å². The maximum atomic E-state index is 9.17. The average Bonchev–Trinajstić information content (AvgIpc) is 2.43. The molecule has 0 aliphatic rings. The summed E-state index contributed by atoms with van der Waals surface area (Å²) in [6, 6.07) is 19.3. The third-order valence-corrected chi connectivity index (χ3v) is 2.94. The summed E-state index contributed by atoms with van der Waals surface area (Å²) in [5, 5.41) is 13.1. The van der Waals surface area contributed by atoms with Crippen molar-refractivity contribution in [2.45, 2.75) is 12.6 Å². The lowest BCUT2D eigenvalue weighted by molar-refractivity contribution is 0.630. The number of benzene rings is 2. The van der Waals surface area contributed by atoms with Crippen LogP contribution < -0.4 is 5.32 Å². The smallest absolute Gasteiger partial charge is 0.121 e. The molecule has 1 unspecified atom stereocenters. The first-order valence-electron chi connectivity index (χ1n) is 5.72. The van der Waals surface area contributed by atoms with E-state index < -0.39 is 0 Å². The molecule has 0 heterocycles. The third-order valence-electron chi connectivity index (χ3n) is 2.69. The Labute approximate surface area is 112 Å². The molecule has 2 aromatic rings. The third kappa shape index (κ3) is 3.33. The molecular weight excluding hydrogens is 244 g/mol. The van der Waals surface area contributed by atoms with Crippen LogP contribution in [-0.2, 0) is 6.54 Å². The fourth-order valence-electron chi connectivity index (χ4n) is 1.71. The Morgan fingerprint density at radius 1 is 1.06 bits per heavy atom. The maximum Gasteiger partial charge on any atom is 0.121 e. The lowest BCUT2D eigenvalue weighted by Crippen LogP contribution is -2.19. The monoisotopic (exact) mass is 256 g/mol. The van der Waals surface area contributed by atoms with E-state index in [4.69, 9.17) is 16.9 Å². The van der Waals surface area contributed by atoms with Gasteiger partial charge in [0.05, 0.1) is 6.07 Å². The van der Waals surface area contributed by atoms with Gasteiger partial charge in [0.1, 0.15) is 6.04 Å². The summed E-state index contributed by atoms with van der Waals surface area (Å²) in [7, 11) is 0. The van der Waals surface area contributed by atoms with Crippen molar-refractivity contribution < 1.29 is 0 Å². The second-order valence-electron chi connectivity index (χ2n) is 3.98. The fourth-order valence-corrected chi connectivity index (χ4v) is 1.83. The Balaban J connectivity index is 2.00. The van der Waals surface area contributed by atoms with Gasteiger partial charge in [0, 0.05) is 11.6 Å². The van der Waals surface area contributed by atoms with E-state index in [-0.39, 0.29) is 6.04 Å². The van der Waals surface area contributed by atoms with E-state index in [1.54, 1.807) is 0 Å². The van der Waals surface area contributed by atoms with Crippen molar-refractivity contribution in [3.63, 3.8) is 0 Å². The maximum absolute atomic E-state index is 9.17. The Morgan fingerprint density at radius 3 is 2.33 bits per heavy atom. The number of hydrogen-bond acceptors (Lipinski definition) is 2. The molecule has 1 N–H and O–H groups in total. The summed E-state index contributed by atoms with van der Waals surface area (Å²) >= 11 is 5.82. The Bertz CT molecular complexity index is 529. The van der Waals surface area contributed by atoms with E-state index in [9.17, 15) is 0 Å². The van der Waals surface area contributed by atoms with Gasteiger partial charge in [-0.05, 0) is 23.3 Å². The summed E-state index contributed by atoms with van der Waals surface area (Å²) in [4.78, 5) is 0. The van der Waals surface area contributed by atoms with Gasteiger partial charge < -0.3 is 0 Å². The van der Waals surface area contributed by atoms with E-state index in [1.165, 1.54) is 0 Å². The van der Waals surface area contributed by atoms with E-state index in [0.717, 1.165) is 16.1 Å². The van der Waals surface area contributed by atoms with Crippen LogP contribution in [0.4, 0.5) is 0 Å². The molecule has 90 valence electrons. The zero-order valence-electron chi connectivity index (χ0n) is 9.81. The van der Waals surface area contributed by atoms with Crippen LogP contribution in [0.25, 0.3) is 0 Å². The highest BCUT2D eigenvalue weighted by Crippen LogP contribution is 2.13. The summed E-state index contributed by atoms with van der Waals surface area (Å²) in [5.41, 5.74) is 2.09. The number of nitrogens with one attached hydrogen (secondary N) is 1. The average molecular weight is 257 g/mol. The van der Waals surface area contributed by atoms with Gasteiger partial charge in [0.2, 0.25) is 0 Å². The van der Waals surface area contributed by atoms with Gasteiger partial charge in [0.25, 0.3) is 0 Å². The van der Waals surface area contributed by atoms with Crippen molar-refractivity contribution in [3.8, 4) is 6.07 Å². The second-order valence-corrected chi connectivity index (χ2v) is 4.42. The molecule has 0 aromatic heterocycles.